The Kier molecular flexibility index (Phi) is 5.18. The first-order valence-corrected chi connectivity index (χ1v) is 7.55. The number of nitrogens with zero attached hydrogens (tertiary/aromatic N) is 1. The van der Waals surface area contributed by atoms with Crippen LogP contribution in [-0.2, 0) is 17.8 Å². The van der Waals surface area contributed by atoms with Gasteiger partial charge in [-0.2, -0.15) is 0 Å². The van der Waals surface area contributed by atoms with Crippen molar-refractivity contribution in [2.75, 3.05) is 20.3 Å². The lowest BCUT2D eigenvalue weighted by molar-refractivity contribution is 0.157. The van der Waals surface area contributed by atoms with Gasteiger partial charge in [0.05, 0.1) is 6.61 Å². The second-order valence-corrected chi connectivity index (χ2v) is 6.59. The van der Waals surface area contributed by atoms with Crippen molar-refractivity contribution in [3.8, 4) is 0 Å². The fourth-order valence-electron chi connectivity index (χ4n) is 2.15. The predicted molar refractivity (Wildman–Crippen MR) is 77.0 cm³/mol. The van der Waals surface area contributed by atoms with Crippen LogP contribution in [0.4, 0.5) is 0 Å². The molecule has 0 amide bonds. The summed E-state index contributed by atoms with van der Waals surface area (Å²) in [4.78, 5) is 5.29. The highest BCUT2D eigenvalue weighted by Crippen LogP contribution is 2.20. The number of likely N-dealkylation sites (N-methyl/N-ethyl adjacent to an activating group) is 1. The van der Waals surface area contributed by atoms with E-state index in [0.717, 1.165) is 26.3 Å². The van der Waals surface area contributed by atoms with Gasteiger partial charge in [-0.3, -0.25) is 4.90 Å². The van der Waals surface area contributed by atoms with E-state index < -0.39 is 0 Å². The standard InChI is InChI=1S/C14H24N2OS/c1-11(2)15-8-13-4-5-14(18-13)9-16(3)12-6-7-17-10-12/h4-5,11-12,15H,6-10H2,1-3H3. The molecule has 1 unspecified atom stereocenters. The second kappa shape index (κ2) is 6.66. The third-order valence-corrected chi connectivity index (χ3v) is 4.41. The molecule has 1 atom stereocenters. The van der Waals surface area contributed by atoms with Gasteiger partial charge in [-0.05, 0) is 25.6 Å². The maximum atomic E-state index is 5.44. The smallest absolute Gasteiger partial charge is 0.0622 e. The first-order valence-electron chi connectivity index (χ1n) is 6.74. The van der Waals surface area contributed by atoms with E-state index in [1.54, 1.807) is 0 Å². The lowest BCUT2D eigenvalue weighted by Gasteiger charge is -2.21. The van der Waals surface area contributed by atoms with E-state index in [1.807, 2.05) is 11.3 Å². The molecule has 0 radical (unpaired) electrons. The molecule has 0 bridgehead atoms. The summed E-state index contributed by atoms with van der Waals surface area (Å²) >= 11 is 1.92. The number of hydrogen-bond acceptors (Lipinski definition) is 4. The molecule has 3 nitrogen and oxygen atoms in total. The molecule has 1 aliphatic rings. The third-order valence-electron chi connectivity index (χ3n) is 3.34. The Balaban J connectivity index is 1.82. The predicted octanol–water partition coefficient (Wildman–Crippen LogP) is 2.47. The number of rotatable bonds is 6. The Bertz CT molecular complexity index is 358. The SMILES string of the molecule is CC(C)NCc1ccc(CN(C)C2CCOC2)s1. The number of thiophene rings is 1. The van der Waals surface area contributed by atoms with Gasteiger partial charge in [0, 0.05) is 41.5 Å². The zero-order chi connectivity index (χ0) is 13.0. The van der Waals surface area contributed by atoms with Gasteiger partial charge in [0.1, 0.15) is 0 Å². The fourth-order valence-corrected chi connectivity index (χ4v) is 3.18. The first kappa shape index (κ1) is 14.0. The Hall–Kier alpha value is -0.420. The minimum absolute atomic E-state index is 0.550. The number of hydrogen-bond donors (Lipinski definition) is 1. The molecule has 0 aromatic carbocycles. The molecule has 2 rings (SSSR count). The van der Waals surface area contributed by atoms with Gasteiger partial charge in [0.15, 0.2) is 0 Å². The Morgan fingerprint density at radius 3 is 2.89 bits per heavy atom. The quantitative estimate of drug-likeness (QED) is 0.858. The Morgan fingerprint density at radius 1 is 1.44 bits per heavy atom. The molecule has 0 saturated carbocycles. The maximum Gasteiger partial charge on any atom is 0.0622 e. The van der Waals surface area contributed by atoms with Gasteiger partial charge >= 0.3 is 0 Å². The van der Waals surface area contributed by atoms with Gasteiger partial charge < -0.3 is 10.1 Å². The van der Waals surface area contributed by atoms with Crippen molar-refractivity contribution in [3.63, 3.8) is 0 Å². The van der Waals surface area contributed by atoms with Crippen molar-refractivity contribution >= 4 is 11.3 Å². The lowest BCUT2D eigenvalue weighted by atomic mass is 10.2. The molecule has 1 fully saturated rings. The minimum atomic E-state index is 0.550. The van der Waals surface area contributed by atoms with Gasteiger partial charge in [-0.15, -0.1) is 11.3 Å². The van der Waals surface area contributed by atoms with E-state index in [2.05, 4.69) is 43.2 Å². The monoisotopic (exact) mass is 268 g/mol. The van der Waals surface area contributed by atoms with Gasteiger partial charge in [0.25, 0.3) is 0 Å². The molecule has 1 aromatic rings. The maximum absolute atomic E-state index is 5.44. The normalized spacial score (nSPS) is 20.2. The van der Waals surface area contributed by atoms with E-state index in [1.165, 1.54) is 16.2 Å². The van der Waals surface area contributed by atoms with Crippen molar-refractivity contribution in [3.05, 3.63) is 21.9 Å². The lowest BCUT2D eigenvalue weighted by Crippen LogP contribution is -2.31. The molecular weight excluding hydrogens is 244 g/mol. The third kappa shape index (κ3) is 4.05. The Morgan fingerprint density at radius 2 is 2.22 bits per heavy atom. The van der Waals surface area contributed by atoms with E-state index in [9.17, 15) is 0 Å². The average Bonchev–Trinajstić information content (AvgIpc) is 2.97. The molecule has 102 valence electrons. The minimum Gasteiger partial charge on any atom is -0.380 e. The summed E-state index contributed by atoms with van der Waals surface area (Å²) < 4.78 is 5.44. The van der Waals surface area contributed by atoms with Crippen LogP contribution in [-0.4, -0.2) is 37.2 Å². The Labute approximate surface area is 114 Å². The van der Waals surface area contributed by atoms with Crippen molar-refractivity contribution in [2.45, 2.75) is 45.4 Å². The first-order chi connectivity index (χ1) is 8.65. The van der Waals surface area contributed by atoms with Crippen molar-refractivity contribution in [1.29, 1.82) is 0 Å². The van der Waals surface area contributed by atoms with E-state index in [0.29, 0.717) is 12.1 Å². The van der Waals surface area contributed by atoms with Gasteiger partial charge in [-0.25, -0.2) is 0 Å². The molecule has 2 heterocycles. The summed E-state index contributed by atoms with van der Waals surface area (Å²) in [6, 6.07) is 5.65. The molecule has 1 aliphatic heterocycles. The fraction of sp³-hybridized carbons (Fsp3) is 0.714. The molecule has 18 heavy (non-hydrogen) atoms. The summed E-state index contributed by atoms with van der Waals surface area (Å²) in [5.74, 6) is 0. The summed E-state index contributed by atoms with van der Waals surface area (Å²) in [6.07, 6.45) is 1.17. The molecule has 0 spiro atoms. The van der Waals surface area contributed by atoms with Crippen LogP contribution < -0.4 is 5.32 Å². The van der Waals surface area contributed by atoms with E-state index in [4.69, 9.17) is 4.74 Å². The van der Waals surface area contributed by atoms with Crippen LogP contribution in [0, 0.1) is 0 Å². The van der Waals surface area contributed by atoms with Crippen LogP contribution in [0.2, 0.25) is 0 Å². The topological polar surface area (TPSA) is 24.5 Å². The summed E-state index contributed by atoms with van der Waals surface area (Å²) in [7, 11) is 2.20. The van der Waals surface area contributed by atoms with Crippen LogP contribution in [0.25, 0.3) is 0 Å². The van der Waals surface area contributed by atoms with Gasteiger partial charge in [-0.1, -0.05) is 13.8 Å². The van der Waals surface area contributed by atoms with Crippen LogP contribution in [0.3, 0.4) is 0 Å². The average molecular weight is 268 g/mol. The second-order valence-electron chi connectivity index (χ2n) is 5.34. The van der Waals surface area contributed by atoms with Crippen molar-refractivity contribution in [1.82, 2.24) is 10.2 Å². The largest absolute Gasteiger partial charge is 0.380 e. The molecule has 1 aromatic heterocycles. The highest BCUT2D eigenvalue weighted by atomic mass is 32.1. The van der Waals surface area contributed by atoms with Crippen molar-refractivity contribution in [2.24, 2.45) is 0 Å². The summed E-state index contributed by atoms with van der Waals surface area (Å²) in [6.45, 7) is 8.20. The molecule has 4 heteroatoms. The van der Waals surface area contributed by atoms with Crippen LogP contribution >= 0.6 is 11.3 Å². The molecule has 0 aliphatic carbocycles. The van der Waals surface area contributed by atoms with Crippen LogP contribution in [0.15, 0.2) is 12.1 Å². The van der Waals surface area contributed by atoms with Gasteiger partial charge in [0.2, 0.25) is 0 Å². The number of nitrogens with one attached hydrogen (secondary N) is 1. The molecule has 1 N–H and O–H groups in total. The zero-order valence-corrected chi connectivity index (χ0v) is 12.4. The van der Waals surface area contributed by atoms with Crippen molar-refractivity contribution < 1.29 is 4.74 Å². The molecule has 1 saturated heterocycles. The summed E-state index contributed by atoms with van der Waals surface area (Å²) in [5, 5.41) is 3.46. The highest BCUT2D eigenvalue weighted by Gasteiger charge is 2.20. The zero-order valence-electron chi connectivity index (χ0n) is 11.6. The highest BCUT2D eigenvalue weighted by molar-refractivity contribution is 7.11. The van der Waals surface area contributed by atoms with E-state index in [-0.39, 0.29) is 0 Å². The van der Waals surface area contributed by atoms with Crippen LogP contribution in [0.5, 0.6) is 0 Å². The van der Waals surface area contributed by atoms with Crippen LogP contribution in [0.1, 0.15) is 30.0 Å². The van der Waals surface area contributed by atoms with E-state index >= 15 is 0 Å². The summed E-state index contributed by atoms with van der Waals surface area (Å²) in [5.41, 5.74) is 0. The number of ether oxygens (including phenoxy) is 1. The molecular formula is C14H24N2OS.